The SMILES string of the molecule is CCCC(O)CNC(=O)[C@@H]1CC[C@H](CN)O1. The van der Waals surface area contributed by atoms with Gasteiger partial charge in [-0.2, -0.15) is 0 Å². The van der Waals surface area contributed by atoms with Crippen molar-refractivity contribution in [2.75, 3.05) is 13.1 Å². The number of nitrogens with two attached hydrogens (primary N) is 1. The van der Waals surface area contributed by atoms with Crippen LogP contribution in [-0.4, -0.2) is 42.4 Å². The molecule has 1 unspecified atom stereocenters. The van der Waals surface area contributed by atoms with Crippen molar-refractivity contribution in [3.8, 4) is 0 Å². The molecule has 0 spiro atoms. The van der Waals surface area contributed by atoms with Crippen LogP contribution in [0.2, 0.25) is 0 Å². The van der Waals surface area contributed by atoms with Gasteiger partial charge in [0.2, 0.25) is 5.91 Å². The molecule has 4 N–H and O–H groups in total. The fourth-order valence-corrected chi connectivity index (χ4v) is 1.84. The highest BCUT2D eigenvalue weighted by Gasteiger charge is 2.29. The predicted octanol–water partition coefficient (Wildman–Crippen LogP) is -0.230. The fraction of sp³-hybridized carbons (Fsp3) is 0.909. The summed E-state index contributed by atoms with van der Waals surface area (Å²) in [6, 6.07) is 0. The molecule has 1 aliphatic rings. The summed E-state index contributed by atoms with van der Waals surface area (Å²) in [5, 5.41) is 12.2. The molecule has 0 aromatic rings. The number of hydrogen-bond acceptors (Lipinski definition) is 4. The first-order valence-corrected chi connectivity index (χ1v) is 5.98. The number of hydrogen-bond donors (Lipinski definition) is 3. The zero-order valence-electron chi connectivity index (χ0n) is 9.82. The molecule has 5 nitrogen and oxygen atoms in total. The third kappa shape index (κ3) is 4.08. The van der Waals surface area contributed by atoms with E-state index >= 15 is 0 Å². The quantitative estimate of drug-likeness (QED) is 0.588. The summed E-state index contributed by atoms with van der Waals surface area (Å²) >= 11 is 0. The maximum Gasteiger partial charge on any atom is 0.249 e. The molecule has 16 heavy (non-hydrogen) atoms. The number of aliphatic hydroxyl groups excluding tert-OH is 1. The van der Waals surface area contributed by atoms with E-state index in [4.69, 9.17) is 10.5 Å². The summed E-state index contributed by atoms with van der Waals surface area (Å²) in [6.07, 6.45) is 2.34. The van der Waals surface area contributed by atoms with Gasteiger partial charge in [-0.3, -0.25) is 4.79 Å². The molecule has 0 saturated carbocycles. The standard InChI is InChI=1S/C11H22N2O3/c1-2-3-8(14)7-13-11(15)10-5-4-9(6-12)16-10/h8-10,14H,2-7,12H2,1H3,(H,13,15)/t8?,9-,10+/m1/s1. The van der Waals surface area contributed by atoms with Crippen LogP contribution >= 0.6 is 0 Å². The van der Waals surface area contributed by atoms with Gasteiger partial charge in [0.1, 0.15) is 6.10 Å². The Morgan fingerprint density at radius 1 is 1.62 bits per heavy atom. The van der Waals surface area contributed by atoms with Crippen molar-refractivity contribution >= 4 is 5.91 Å². The number of ether oxygens (including phenoxy) is 1. The highest BCUT2D eigenvalue weighted by molar-refractivity contribution is 5.81. The van der Waals surface area contributed by atoms with Crippen LogP contribution in [0.5, 0.6) is 0 Å². The van der Waals surface area contributed by atoms with Gasteiger partial charge in [0, 0.05) is 13.1 Å². The van der Waals surface area contributed by atoms with E-state index in [9.17, 15) is 9.90 Å². The molecule has 1 fully saturated rings. The maximum atomic E-state index is 11.6. The van der Waals surface area contributed by atoms with E-state index in [0.717, 1.165) is 19.3 Å². The van der Waals surface area contributed by atoms with Crippen molar-refractivity contribution in [2.24, 2.45) is 5.73 Å². The molecule has 5 heteroatoms. The molecule has 1 aliphatic heterocycles. The van der Waals surface area contributed by atoms with Gasteiger partial charge < -0.3 is 20.9 Å². The van der Waals surface area contributed by atoms with Crippen molar-refractivity contribution < 1.29 is 14.6 Å². The topological polar surface area (TPSA) is 84.6 Å². The molecule has 0 bridgehead atoms. The fourth-order valence-electron chi connectivity index (χ4n) is 1.84. The first kappa shape index (κ1) is 13.4. The number of carbonyl (C=O) groups is 1. The van der Waals surface area contributed by atoms with Crippen LogP contribution < -0.4 is 11.1 Å². The van der Waals surface area contributed by atoms with E-state index in [1.807, 2.05) is 6.92 Å². The van der Waals surface area contributed by atoms with Crippen LogP contribution in [0.1, 0.15) is 32.6 Å². The monoisotopic (exact) mass is 230 g/mol. The molecule has 1 rings (SSSR count). The number of aliphatic hydroxyl groups is 1. The number of amides is 1. The Labute approximate surface area is 96.3 Å². The van der Waals surface area contributed by atoms with E-state index in [-0.39, 0.29) is 18.1 Å². The van der Waals surface area contributed by atoms with Gasteiger partial charge in [-0.15, -0.1) is 0 Å². The average molecular weight is 230 g/mol. The minimum Gasteiger partial charge on any atom is -0.391 e. The Kier molecular flexibility index (Phi) is 5.73. The Morgan fingerprint density at radius 3 is 2.94 bits per heavy atom. The van der Waals surface area contributed by atoms with Gasteiger partial charge in [-0.05, 0) is 19.3 Å². The molecular formula is C11H22N2O3. The number of nitrogens with one attached hydrogen (secondary N) is 1. The molecule has 1 amide bonds. The van der Waals surface area contributed by atoms with Gasteiger partial charge in [-0.1, -0.05) is 13.3 Å². The van der Waals surface area contributed by atoms with Gasteiger partial charge >= 0.3 is 0 Å². The van der Waals surface area contributed by atoms with Crippen LogP contribution in [0.3, 0.4) is 0 Å². The van der Waals surface area contributed by atoms with Crippen molar-refractivity contribution in [2.45, 2.75) is 50.9 Å². The van der Waals surface area contributed by atoms with Crippen molar-refractivity contribution in [3.05, 3.63) is 0 Å². The molecule has 0 aliphatic carbocycles. The third-order valence-electron chi connectivity index (χ3n) is 2.80. The zero-order valence-corrected chi connectivity index (χ0v) is 9.82. The number of carbonyl (C=O) groups excluding carboxylic acids is 1. The highest BCUT2D eigenvalue weighted by Crippen LogP contribution is 2.18. The zero-order chi connectivity index (χ0) is 12.0. The predicted molar refractivity (Wildman–Crippen MR) is 60.9 cm³/mol. The molecule has 0 radical (unpaired) electrons. The van der Waals surface area contributed by atoms with Crippen molar-refractivity contribution in [3.63, 3.8) is 0 Å². The van der Waals surface area contributed by atoms with Gasteiger partial charge in [0.25, 0.3) is 0 Å². The van der Waals surface area contributed by atoms with E-state index in [1.54, 1.807) is 0 Å². The second-order valence-electron chi connectivity index (χ2n) is 4.25. The van der Waals surface area contributed by atoms with Crippen LogP contribution in [0, 0.1) is 0 Å². The average Bonchev–Trinajstić information content (AvgIpc) is 2.75. The Morgan fingerprint density at radius 2 is 2.38 bits per heavy atom. The molecule has 0 aromatic heterocycles. The van der Waals surface area contributed by atoms with Crippen LogP contribution in [0.25, 0.3) is 0 Å². The largest absolute Gasteiger partial charge is 0.391 e. The van der Waals surface area contributed by atoms with E-state index < -0.39 is 6.10 Å². The van der Waals surface area contributed by atoms with Gasteiger partial charge in [0.15, 0.2) is 0 Å². The molecular weight excluding hydrogens is 208 g/mol. The second-order valence-corrected chi connectivity index (χ2v) is 4.25. The Hall–Kier alpha value is -0.650. The minimum absolute atomic E-state index is 0.0105. The van der Waals surface area contributed by atoms with E-state index in [0.29, 0.717) is 19.5 Å². The van der Waals surface area contributed by atoms with E-state index in [2.05, 4.69) is 5.32 Å². The third-order valence-corrected chi connectivity index (χ3v) is 2.80. The lowest BCUT2D eigenvalue weighted by atomic mass is 10.2. The summed E-state index contributed by atoms with van der Waals surface area (Å²) in [4.78, 5) is 11.6. The smallest absolute Gasteiger partial charge is 0.249 e. The first-order valence-electron chi connectivity index (χ1n) is 5.98. The number of rotatable bonds is 6. The highest BCUT2D eigenvalue weighted by atomic mass is 16.5. The molecule has 0 aromatic carbocycles. The van der Waals surface area contributed by atoms with Gasteiger partial charge in [-0.25, -0.2) is 0 Å². The summed E-state index contributed by atoms with van der Waals surface area (Å²) < 4.78 is 5.45. The Bertz CT molecular complexity index is 223. The van der Waals surface area contributed by atoms with Gasteiger partial charge in [0.05, 0.1) is 12.2 Å². The summed E-state index contributed by atoms with van der Waals surface area (Å²) in [5.41, 5.74) is 5.46. The second kappa shape index (κ2) is 6.83. The molecule has 1 heterocycles. The Balaban J connectivity index is 2.20. The summed E-state index contributed by atoms with van der Waals surface area (Å²) in [5.74, 6) is -0.133. The minimum atomic E-state index is -0.458. The molecule has 3 atom stereocenters. The lowest BCUT2D eigenvalue weighted by Crippen LogP contribution is -2.39. The van der Waals surface area contributed by atoms with Crippen LogP contribution in [0.15, 0.2) is 0 Å². The summed E-state index contributed by atoms with van der Waals surface area (Å²) in [6.45, 7) is 2.76. The van der Waals surface area contributed by atoms with Crippen molar-refractivity contribution in [1.82, 2.24) is 5.32 Å². The lowest BCUT2D eigenvalue weighted by molar-refractivity contribution is -0.132. The lowest BCUT2D eigenvalue weighted by Gasteiger charge is -2.14. The first-order chi connectivity index (χ1) is 7.67. The molecule has 94 valence electrons. The van der Waals surface area contributed by atoms with E-state index in [1.165, 1.54) is 0 Å². The van der Waals surface area contributed by atoms with Crippen LogP contribution in [-0.2, 0) is 9.53 Å². The van der Waals surface area contributed by atoms with Crippen LogP contribution in [0.4, 0.5) is 0 Å². The van der Waals surface area contributed by atoms with Crippen molar-refractivity contribution in [1.29, 1.82) is 0 Å². The normalized spacial score (nSPS) is 26.7. The maximum absolute atomic E-state index is 11.6. The molecule has 1 saturated heterocycles. The summed E-state index contributed by atoms with van der Waals surface area (Å²) in [7, 11) is 0.